The second-order valence-electron chi connectivity index (χ2n) is 5.49. The highest BCUT2D eigenvalue weighted by atomic mass is 35.5. The van der Waals surface area contributed by atoms with Crippen molar-refractivity contribution in [3.63, 3.8) is 0 Å². The maximum Gasteiger partial charge on any atom is 0.230 e. The number of nitrogens with zero attached hydrogens (tertiary/aromatic N) is 2. The van der Waals surface area contributed by atoms with Gasteiger partial charge in [-0.2, -0.15) is 0 Å². The van der Waals surface area contributed by atoms with E-state index in [4.69, 9.17) is 11.6 Å². The second-order valence-corrected chi connectivity index (χ2v) is 9.35. The van der Waals surface area contributed by atoms with Crippen LogP contribution in [-0.2, 0) is 16.0 Å². The van der Waals surface area contributed by atoms with Gasteiger partial charge in [0, 0.05) is 18.1 Å². The molecule has 2 N–H and O–H groups in total. The van der Waals surface area contributed by atoms with Crippen molar-refractivity contribution in [3.05, 3.63) is 34.9 Å². The summed E-state index contributed by atoms with van der Waals surface area (Å²) in [7, 11) is 0. The zero-order valence-electron chi connectivity index (χ0n) is 14.9. The van der Waals surface area contributed by atoms with Gasteiger partial charge in [-0.05, 0) is 30.5 Å². The molecule has 0 aliphatic rings. The highest BCUT2D eigenvalue weighted by molar-refractivity contribution is 8.03. The van der Waals surface area contributed by atoms with Crippen LogP contribution in [0, 0.1) is 0 Å². The maximum atomic E-state index is 11.9. The molecule has 0 aliphatic carbocycles. The summed E-state index contributed by atoms with van der Waals surface area (Å²) >= 11 is 10.0. The monoisotopic (exact) mass is 444 g/mol. The van der Waals surface area contributed by atoms with E-state index in [0.29, 0.717) is 23.9 Å². The number of carbonyl (C=O) groups is 2. The number of benzene rings is 1. The van der Waals surface area contributed by atoms with E-state index in [1.165, 1.54) is 34.9 Å². The van der Waals surface area contributed by atoms with E-state index < -0.39 is 0 Å². The molecule has 1 aromatic carbocycles. The molecule has 0 bridgehead atoms. The molecule has 2 aromatic rings. The molecule has 0 saturated carbocycles. The minimum atomic E-state index is -0.0506. The van der Waals surface area contributed by atoms with Gasteiger partial charge in [0.2, 0.25) is 11.8 Å². The van der Waals surface area contributed by atoms with E-state index in [2.05, 4.69) is 20.8 Å². The molecule has 1 heterocycles. The molecule has 0 aliphatic heterocycles. The summed E-state index contributed by atoms with van der Waals surface area (Å²) in [6.07, 6.45) is 1.65. The molecular formula is C17H21ClN4O2S3. The third-order valence-electron chi connectivity index (χ3n) is 3.24. The Balaban J connectivity index is 1.63. The lowest BCUT2D eigenvalue weighted by Crippen LogP contribution is -2.27. The van der Waals surface area contributed by atoms with Crippen LogP contribution in [0.25, 0.3) is 0 Å². The van der Waals surface area contributed by atoms with Gasteiger partial charge < -0.3 is 10.6 Å². The van der Waals surface area contributed by atoms with Gasteiger partial charge in [-0.15, -0.1) is 10.2 Å². The van der Waals surface area contributed by atoms with Crippen molar-refractivity contribution in [1.82, 2.24) is 20.8 Å². The van der Waals surface area contributed by atoms with Crippen LogP contribution in [0.15, 0.2) is 32.9 Å². The van der Waals surface area contributed by atoms with Crippen LogP contribution >= 0.6 is 46.5 Å². The van der Waals surface area contributed by atoms with Crippen molar-refractivity contribution in [1.29, 1.82) is 0 Å². The smallest absolute Gasteiger partial charge is 0.230 e. The largest absolute Gasteiger partial charge is 0.355 e. The standard InChI is InChI=1S/C17H21ClN4O2S3/c1-2-7-19-14(23)10-25-16-21-22-17(27-16)26-11-15(24)20-8-6-12-4-3-5-13(18)9-12/h3-5,9H,2,6-8,10-11H2,1H3,(H,19,23)(H,20,24). The van der Waals surface area contributed by atoms with Crippen LogP contribution in [0.2, 0.25) is 5.02 Å². The highest BCUT2D eigenvalue weighted by Gasteiger charge is 2.10. The Morgan fingerprint density at radius 3 is 2.30 bits per heavy atom. The Labute approximate surface area is 176 Å². The highest BCUT2D eigenvalue weighted by Crippen LogP contribution is 2.28. The molecule has 6 nitrogen and oxygen atoms in total. The van der Waals surface area contributed by atoms with E-state index in [1.54, 1.807) is 0 Å². The van der Waals surface area contributed by atoms with Crippen LogP contribution in [0.3, 0.4) is 0 Å². The zero-order chi connectivity index (χ0) is 19.5. The number of halogens is 1. The van der Waals surface area contributed by atoms with E-state index >= 15 is 0 Å². The minimum Gasteiger partial charge on any atom is -0.355 e. The molecule has 0 spiro atoms. The molecule has 27 heavy (non-hydrogen) atoms. The fourth-order valence-electron chi connectivity index (χ4n) is 1.97. The summed E-state index contributed by atoms with van der Waals surface area (Å²) in [6, 6.07) is 7.60. The first-order valence-electron chi connectivity index (χ1n) is 8.43. The number of aromatic nitrogens is 2. The summed E-state index contributed by atoms with van der Waals surface area (Å²) < 4.78 is 1.45. The first kappa shape index (κ1) is 22.0. The Morgan fingerprint density at radius 2 is 1.70 bits per heavy atom. The van der Waals surface area contributed by atoms with Gasteiger partial charge in [-0.3, -0.25) is 9.59 Å². The molecule has 0 unspecified atom stereocenters. The molecule has 0 fully saturated rings. The van der Waals surface area contributed by atoms with Crippen molar-refractivity contribution < 1.29 is 9.59 Å². The number of rotatable bonds is 11. The topological polar surface area (TPSA) is 84.0 Å². The predicted molar refractivity (Wildman–Crippen MR) is 113 cm³/mol. The number of hydrogen-bond acceptors (Lipinski definition) is 7. The second kappa shape index (κ2) is 12.2. The van der Waals surface area contributed by atoms with Gasteiger partial charge in [-0.1, -0.05) is 65.5 Å². The van der Waals surface area contributed by atoms with Crippen LogP contribution in [0.5, 0.6) is 0 Å². The van der Waals surface area contributed by atoms with Gasteiger partial charge in [0.1, 0.15) is 0 Å². The molecule has 2 amide bonds. The third kappa shape index (κ3) is 8.96. The average Bonchev–Trinajstić information content (AvgIpc) is 3.11. The Bertz CT molecular complexity index is 757. The van der Waals surface area contributed by atoms with E-state index in [9.17, 15) is 9.59 Å². The first-order valence-corrected chi connectivity index (χ1v) is 11.6. The summed E-state index contributed by atoms with van der Waals surface area (Å²) in [6.45, 7) is 3.25. The molecule has 10 heteroatoms. The van der Waals surface area contributed by atoms with E-state index in [1.807, 2.05) is 31.2 Å². The molecule has 2 rings (SSSR count). The SMILES string of the molecule is CCCNC(=O)CSc1nnc(SCC(=O)NCCc2cccc(Cl)c2)s1. The third-order valence-corrected chi connectivity index (χ3v) is 6.66. The Kier molecular flexibility index (Phi) is 9.96. The fraction of sp³-hybridized carbons (Fsp3) is 0.412. The number of amides is 2. The summed E-state index contributed by atoms with van der Waals surface area (Å²) in [4.78, 5) is 23.5. The van der Waals surface area contributed by atoms with Crippen LogP contribution in [-0.4, -0.2) is 46.6 Å². The Morgan fingerprint density at radius 1 is 1.07 bits per heavy atom. The summed E-state index contributed by atoms with van der Waals surface area (Å²) in [5.41, 5.74) is 1.09. The van der Waals surface area contributed by atoms with Crippen molar-refractivity contribution in [2.45, 2.75) is 28.4 Å². The van der Waals surface area contributed by atoms with Gasteiger partial charge >= 0.3 is 0 Å². The van der Waals surface area contributed by atoms with Crippen molar-refractivity contribution >= 4 is 58.3 Å². The quantitative estimate of drug-likeness (QED) is 0.517. The number of nitrogens with one attached hydrogen (secondary N) is 2. The fourth-order valence-corrected chi connectivity index (χ4v) is 4.87. The predicted octanol–water partition coefficient (Wildman–Crippen LogP) is 3.26. The van der Waals surface area contributed by atoms with Crippen LogP contribution in [0.4, 0.5) is 0 Å². The lowest BCUT2D eigenvalue weighted by Gasteiger charge is -2.04. The zero-order valence-corrected chi connectivity index (χ0v) is 18.1. The molecule has 0 atom stereocenters. The number of carbonyl (C=O) groups excluding carboxylic acids is 2. The summed E-state index contributed by atoms with van der Waals surface area (Å²) in [5, 5.41) is 14.5. The summed E-state index contributed by atoms with van der Waals surface area (Å²) in [5.74, 6) is 0.547. The lowest BCUT2D eigenvalue weighted by molar-refractivity contribution is -0.119. The van der Waals surface area contributed by atoms with E-state index in [-0.39, 0.29) is 17.6 Å². The first-order chi connectivity index (χ1) is 13.1. The van der Waals surface area contributed by atoms with Gasteiger partial charge in [0.25, 0.3) is 0 Å². The van der Waals surface area contributed by atoms with Crippen LogP contribution < -0.4 is 10.6 Å². The normalized spacial score (nSPS) is 10.6. The maximum absolute atomic E-state index is 11.9. The minimum absolute atomic E-state index is 0.00895. The molecule has 146 valence electrons. The average molecular weight is 445 g/mol. The molecular weight excluding hydrogens is 424 g/mol. The molecule has 0 radical (unpaired) electrons. The van der Waals surface area contributed by atoms with Crippen LogP contribution in [0.1, 0.15) is 18.9 Å². The molecule has 1 aromatic heterocycles. The number of hydrogen-bond donors (Lipinski definition) is 2. The van der Waals surface area contributed by atoms with Gasteiger partial charge in [0.15, 0.2) is 8.68 Å². The Hall–Kier alpha value is -1.29. The van der Waals surface area contributed by atoms with Crippen molar-refractivity contribution in [2.75, 3.05) is 24.6 Å². The molecule has 0 saturated heterocycles. The lowest BCUT2D eigenvalue weighted by atomic mass is 10.1. The van der Waals surface area contributed by atoms with Crippen molar-refractivity contribution in [2.24, 2.45) is 0 Å². The number of thioether (sulfide) groups is 2. The van der Waals surface area contributed by atoms with E-state index in [0.717, 1.165) is 27.1 Å². The van der Waals surface area contributed by atoms with Gasteiger partial charge in [0.05, 0.1) is 11.5 Å². The van der Waals surface area contributed by atoms with Crippen molar-refractivity contribution in [3.8, 4) is 0 Å². The van der Waals surface area contributed by atoms with Gasteiger partial charge in [-0.25, -0.2) is 0 Å².